The standard InChI is InChI=1S/C15H16BrN3O2/c1-11-8-18(14-13(16)7-17-19(14)9-11)15(20)21-10-12-5-3-2-4-6-12/h2-7,11H,8-10H2,1H3. The minimum absolute atomic E-state index is 0.274. The summed E-state index contributed by atoms with van der Waals surface area (Å²) in [5, 5.41) is 4.28. The maximum absolute atomic E-state index is 12.4. The molecule has 0 radical (unpaired) electrons. The van der Waals surface area contributed by atoms with Crippen LogP contribution in [0.4, 0.5) is 10.6 Å². The number of carbonyl (C=O) groups excluding carboxylic acids is 1. The molecular formula is C15H16BrN3O2. The van der Waals surface area contributed by atoms with E-state index in [9.17, 15) is 4.79 Å². The number of aromatic nitrogens is 2. The number of anilines is 1. The van der Waals surface area contributed by atoms with Crippen LogP contribution in [0.5, 0.6) is 0 Å². The van der Waals surface area contributed by atoms with Crippen molar-refractivity contribution >= 4 is 27.8 Å². The molecule has 0 saturated carbocycles. The van der Waals surface area contributed by atoms with E-state index < -0.39 is 0 Å². The molecule has 2 heterocycles. The molecule has 0 saturated heterocycles. The molecule has 5 nitrogen and oxygen atoms in total. The number of halogens is 1. The van der Waals surface area contributed by atoms with Crippen LogP contribution < -0.4 is 4.90 Å². The fourth-order valence-corrected chi connectivity index (χ4v) is 2.98. The molecular weight excluding hydrogens is 334 g/mol. The van der Waals surface area contributed by atoms with Crippen LogP contribution in [0.2, 0.25) is 0 Å². The number of carbonyl (C=O) groups is 1. The van der Waals surface area contributed by atoms with E-state index >= 15 is 0 Å². The van der Waals surface area contributed by atoms with Gasteiger partial charge in [0.2, 0.25) is 0 Å². The lowest BCUT2D eigenvalue weighted by atomic mass is 10.1. The van der Waals surface area contributed by atoms with Gasteiger partial charge in [-0.25, -0.2) is 9.48 Å². The van der Waals surface area contributed by atoms with Crippen molar-refractivity contribution in [3.8, 4) is 0 Å². The highest BCUT2D eigenvalue weighted by molar-refractivity contribution is 9.10. The van der Waals surface area contributed by atoms with Gasteiger partial charge in [0.05, 0.1) is 10.7 Å². The smallest absolute Gasteiger partial charge is 0.415 e. The Labute approximate surface area is 131 Å². The van der Waals surface area contributed by atoms with Crippen molar-refractivity contribution in [2.75, 3.05) is 11.4 Å². The normalized spacial score (nSPS) is 17.4. The van der Waals surface area contributed by atoms with E-state index in [1.165, 1.54) is 0 Å². The third kappa shape index (κ3) is 2.95. The molecule has 1 aromatic carbocycles. The second kappa shape index (κ2) is 5.89. The molecule has 0 N–H and O–H groups in total. The van der Waals surface area contributed by atoms with Crippen LogP contribution in [0, 0.1) is 5.92 Å². The average molecular weight is 350 g/mol. The third-order valence-corrected chi connectivity index (χ3v) is 3.99. The maximum atomic E-state index is 12.4. The number of ether oxygens (including phenoxy) is 1. The lowest BCUT2D eigenvalue weighted by molar-refractivity contribution is 0.144. The van der Waals surface area contributed by atoms with Crippen molar-refractivity contribution in [1.82, 2.24) is 9.78 Å². The summed E-state index contributed by atoms with van der Waals surface area (Å²) in [6.07, 6.45) is 1.37. The number of hydrogen-bond acceptors (Lipinski definition) is 3. The van der Waals surface area contributed by atoms with E-state index in [0.717, 1.165) is 22.4 Å². The van der Waals surface area contributed by atoms with Crippen molar-refractivity contribution < 1.29 is 9.53 Å². The SMILES string of the molecule is CC1CN(C(=O)OCc2ccccc2)c2c(Br)cnn2C1. The van der Waals surface area contributed by atoms with E-state index in [1.54, 1.807) is 11.1 Å². The predicted molar refractivity (Wildman–Crippen MR) is 83.1 cm³/mol. The number of benzene rings is 1. The summed E-state index contributed by atoms with van der Waals surface area (Å²) in [6.45, 7) is 3.81. The molecule has 1 atom stereocenters. The first kappa shape index (κ1) is 14.1. The van der Waals surface area contributed by atoms with E-state index in [-0.39, 0.29) is 12.7 Å². The lowest BCUT2D eigenvalue weighted by Crippen LogP contribution is -2.41. The number of hydrogen-bond donors (Lipinski definition) is 0. The molecule has 1 aromatic heterocycles. The van der Waals surface area contributed by atoms with E-state index in [4.69, 9.17) is 4.74 Å². The predicted octanol–water partition coefficient (Wildman–Crippen LogP) is 3.44. The van der Waals surface area contributed by atoms with Crippen molar-refractivity contribution in [2.45, 2.75) is 20.1 Å². The Balaban J connectivity index is 1.74. The van der Waals surface area contributed by atoms with Gasteiger partial charge in [-0.15, -0.1) is 0 Å². The molecule has 1 unspecified atom stereocenters. The van der Waals surface area contributed by atoms with Crippen LogP contribution >= 0.6 is 15.9 Å². The molecule has 110 valence electrons. The van der Waals surface area contributed by atoms with Gasteiger partial charge in [-0.1, -0.05) is 37.3 Å². The number of amides is 1. The minimum Gasteiger partial charge on any atom is -0.444 e. The van der Waals surface area contributed by atoms with Crippen LogP contribution in [0.25, 0.3) is 0 Å². The largest absolute Gasteiger partial charge is 0.444 e. The third-order valence-electron chi connectivity index (χ3n) is 3.43. The van der Waals surface area contributed by atoms with Crippen LogP contribution in [0.1, 0.15) is 12.5 Å². The zero-order valence-electron chi connectivity index (χ0n) is 11.7. The van der Waals surface area contributed by atoms with Crippen molar-refractivity contribution in [2.24, 2.45) is 5.92 Å². The first-order valence-electron chi connectivity index (χ1n) is 6.84. The number of rotatable bonds is 2. The van der Waals surface area contributed by atoms with Crippen LogP contribution in [0.15, 0.2) is 41.0 Å². The van der Waals surface area contributed by atoms with Gasteiger partial charge in [0.25, 0.3) is 0 Å². The van der Waals surface area contributed by atoms with Gasteiger partial charge < -0.3 is 4.74 Å². The van der Waals surface area contributed by atoms with E-state index in [0.29, 0.717) is 12.5 Å². The molecule has 6 heteroatoms. The van der Waals surface area contributed by atoms with Gasteiger partial charge in [-0.05, 0) is 27.4 Å². The van der Waals surface area contributed by atoms with Crippen LogP contribution in [-0.2, 0) is 17.9 Å². The Bertz CT molecular complexity index is 642. The first-order chi connectivity index (χ1) is 10.1. The second-order valence-corrected chi connectivity index (χ2v) is 6.11. The summed E-state index contributed by atoms with van der Waals surface area (Å²) < 4.78 is 8.07. The second-order valence-electron chi connectivity index (χ2n) is 5.25. The van der Waals surface area contributed by atoms with Gasteiger partial charge in [-0.3, -0.25) is 4.90 Å². The van der Waals surface area contributed by atoms with Gasteiger partial charge in [-0.2, -0.15) is 5.10 Å². The Morgan fingerprint density at radius 3 is 2.90 bits per heavy atom. The Morgan fingerprint density at radius 1 is 1.38 bits per heavy atom. The van der Waals surface area contributed by atoms with Crippen molar-refractivity contribution in [3.63, 3.8) is 0 Å². The summed E-state index contributed by atoms with van der Waals surface area (Å²) in [7, 11) is 0. The summed E-state index contributed by atoms with van der Waals surface area (Å²) in [6, 6.07) is 9.67. The summed E-state index contributed by atoms with van der Waals surface area (Å²) in [5.74, 6) is 1.11. The Morgan fingerprint density at radius 2 is 2.14 bits per heavy atom. The highest BCUT2D eigenvalue weighted by Crippen LogP contribution is 2.31. The van der Waals surface area contributed by atoms with E-state index in [1.807, 2.05) is 35.0 Å². The molecule has 1 aliphatic heterocycles. The Hall–Kier alpha value is -1.82. The molecule has 0 bridgehead atoms. The fourth-order valence-electron chi connectivity index (χ4n) is 2.47. The highest BCUT2D eigenvalue weighted by Gasteiger charge is 2.30. The molecule has 1 aliphatic rings. The molecule has 1 amide bonds. The summed E-state index contributed by atoms with van der Waals surface area (Å²) in [4.78, 5) is 14.0. The minimum atomic E-state index is -0.340. The molecule has 0 spiro atoms. The fraction of sp³-hybridized carbons (Fsp3) is 0.333. The molecule has 0 aliphatic carbocycles. The summed E-state index contributed by atoms with van der Waals surface area (Å²) >= 11 is 3.44. The van der Waals surface area contributed by atoms with Gasteiger partial charge in [0.1, 0.15) is 6.61 Å². The van der Waals surface area contributed by atoms with Crippen molar-refractivity contribution in [1.29, 1.82) is 0 Å². The Kier molecular flexibility index (Phi) is 3.96. The quantitative estimate of drug-likeness (QED) is 0.834. The zero-order chi connectivity index (χ0) is 14.8. The first-order valence-corrected chi connectivity index (χ1v) is 7.64. The molecule has 0 fully saturated rings. The lowest BCUT2D eigenvalue weighted by Gasteiger charge is -2.31. The van der Waals surface area contributed by atoms with Gasteiger partial charge >= 0.3 is 6.09 Å². The maximum Gasteiger partial charge on any atom is 0.415 e. The molecule has 2 aromatic rings. The average Bonchev–Trinajstić information content (AvgIpc) is 2.86. The van der Waals surface area contributed by atoms with Gasteiger partial charge in [0, 0.05) is 13.1 Å². The number of nitrogens with zero attached hydrogens (tertiary/aromatic N) is 3. The van der Waals surface area contributed by atoms with Gasteiger partial charge in [0.15, 0.2) is 5.82 Å². The monoisotopic (exact) mass is 349 g/mol. The zero-order valence-corrected chi connectivity index (χ0v) is 13.3. The molecule has 3 rings (SSSR count). The summed E-state index contributed by atoms with van der Waals surface area (Å²) in [5.41, 5.74) is 0.975. The van der Waals surface area contributed by atoms with E-state index in [2.05, 4.69) is 28.0 Å². The topological polar surface area (TPSA) is 47.4 Å². The van der Waals surface area contributed by atoms with Crippen molar-refractivity contribution in [3.05, 3.63) is 46.6 Å². The van der Waals surface area contributed by atoms with Crippen LogP contribution in [0.3, 0.4) is 0 Å². The highest BCUT2D eigenvalue weighted by atomic mass is 79.9. The van der Waals surface area contributed by atoms with Crippen LogP contribution in [-0.4, -0.2) is 22.4 Å². The molecule has 21 heavy (non-hydrogen) atoms. The number of fused-ring (bicyclic) bond motifs is 1.